The van der Waals surface area contributed by atoms with Crippen LogP contribution in [0.4, 0.5) is 0 Å². The van der Waals surface area contributed by atoms with Gasteiger partial charge in [-0.05, 0) is 95.3 Å². The van der Waals surface area contributed by atoms with Crippen molar-refractivity contribution in [2.75, 3.05) is 6.54 Å². The number of hydrogen-bond acceptors (Lipinski definition) is 1. The predicted molar refractivity (Wildman–Crippen MR) is 185 cm³/mol. The Morgan fingerprint density at radius 2 is 1.18 bits per heavy atom. The van der Waals surface area contributed by atoms with Crippen molar-refractivity contribution in [3.05, 3.63) is 162 Å². The number of fused-ring (bicyclic) bond motifs is 6. The van der Waals surface area contributed by atoms with Crippen molar-refractivity contribution >= 4 is 49.9 Å². The Morgan fingerprint density at radius 3 is 1.93 bits per heavy atom. The van der Waals surface area contributed by atoms with E-state index in [1.54, 1.807) is 0 Å². The summed E-state index contributed by atoms with van der Waals surface area (Å²) in [5.74, 6) is 0. The molecule has 1 aliphatic carbocycles. The summed E-state index contributed by atoms with van der Waals surface area (Å²) in [6.45, 7) is 0.792. The highest BCUT2D eigenvalue weighted by molar-refractivity contribution is 6.09. The SMILES string of the molecule is C1=Cc2c(c3ccccc3n2-c2cccc(C3=CNCC(c4cccc(-n5c6ccccc6c6ccccc65)c4)=C3)c2)CC1. The zero-order valence-electron chi connectivity index (χ0n) is 24.4. The Hall–Kier alpha value is -5.54. The van der Waals surface area contributed by atoms with Crippen LogP contribution in [0, 0.1) is 0 Å². The van der Waals surface area contributed by atoms with Gasteiger partial charge in [0.25, 0.3) is 0 Å². The quantitative estimate of drug-likeness (QED) is 0.225. The zero-order valence-corrected chi connectivity index (χ0v) is 24.4. The highest BCUT2D eigenvalue weighted by Crippen LogP contribution is 2.36. The van der Waals surface area contributed by atoms with Crippen LogP contribution < -0.4 is 5.32 Å². The highest BCUT2D eigenvalue weighted by atomic mass is 15.0. The van der Waals surface area contributed by atoms with Crippen LogP contribution in [0.3, 0.4) is 0 Å². The van der Waals surface area contributed by atoms with Crippen molar-refractivity contribution in [3.63, 3.8) is 0 Å². The van der Waals surface area contributed by atoms with Crippen LogP contribution in [0.2, 0.25) is 0 Å². The summed E-state index contributed by atoms with van der Waals surface area (Å²) in [7, 11) is 0. The molecule has 0 amide bonds. The van der Waals surface area contributed by atoms with Crippen molar-refractivity contribution in [1.29, 1.82) is 0 Å². The van der Waals surface area contributed by atoms with Crippen LogP contribution in [-0.2, 0) is 6.42 Å². The van der Waals surface area contributed by atoms with Crippen molar-refractivity contribution in [2.24, 2.45) is 0 Å². The molecule has 7 aromatic rings. The van der Waals surface area contributed by atoms with Crippen molar-refractivity contribution in [2.45, 2.75) is 12.8 Å². The van der Waals surface area contributed by atoms with Crippen LogP contribution in [0.15, 0.2) is 140 Å². The summed E-state index contributed by atoms with van der Waals surface area (Å²) >= 11 is 0. The monoisotopic (exact) mass is 565 g/mol. The van der Waals surface area contributed by atoms with Gasteiger partial charge in [0.15, 0.2) is 0 Å². The number of para-hydroxylation sites is 3. The van der Waals surface area contributed by atoms with Crippen molar-refractivity contribution in [1.82, 2.24) is 14.5 Å². The van der Waals surface area contributed by atoms with E-state index in [1.165, 1.54) is 77.6 Å². The average Bonchev–Trinajstić information content (AvgIpc) is 3.62. The molecule has 3 nitrogen and oxygen atoms in total. The molecule has 9 rings (SSSR count). The minimum absolute atomic E-state index is 0.792. The minimum Gasteiger partial charge on any atom is -0.386 e. The smallest absolute Gasteiger partial charge is 0.0541 e. The molecule has 0 atom stereocenters. The lowest BCUT2D eigenvalue weighted by atomic mass is 9.96. The molecule has 3 heterocycles. The summed E-state index contributed by atoms with van der Waals surface area (Å²) in [5, 5.41) is 7.50. The summed E-state index contributed by atoms with van der Waals surface area (Å²) in [6, 6.07) is 44.1. The van der Waals surface area contributed by atoms with Gasteiger partial charge < -0.3 is 14.5 Å². The number of aromatic nitrogens is 2. The molecule has 2 aromatic heterocycles. The zero-order chi connectivity index (χ0) is 29.0. The van der Waals surface area contributed by atoms with Crippen LogP contribution in [0.5, 0.6) is 0 Å². The lowest BCUT2D eigenvalue weighted by Gasteiger charge is -2.18. The highest BCUT2D eigenvalue weighted by Gasteiger charge is 2.19. The maximum Gasteiger partial charge on any atom is 0.0541 e. The van der Waals surface area contributed by atoms with Crippen LogP contribution in [0.25, 0.3) is 61.3 Å². The molecule has 2 aliphatic rings. The molecule has 0 radical (unpaired) electrons. The van der Waals surface area contributed by atoms with E-state index in [1.807, 2.05) is 0 Å². The number of allylic oxidation sites excluding steroid dienone is 3. The van der Waals surface area contributed by atoms with Gasteiger partial charge in [-0.25, -0.2) is 0 Å². The van der Waals surface area contributed by atoms with Crippen molar-refractivity contribution < 1.29 is 0 Å². The van der Waals surface area contributed by atoms with Gasteiger partial charge >= 0.3 is 0 Å². The van der Waals surface area contributed by atoms with E-state index in [9.17, 15) is 0 Å². The average molecular weight is 566 g/mol. The molecular weight excluding hydrogens is 534 g/mol. The fourth-order valence-electron chi connectivity index (χ4n) is 7.24. The Balaban J connectivity index is 1.12. The molecule has 0 unspecified atom stereocenters. The first-order valence-corrected chi connectivity index (χ1v) is 15.5. The second-order valence-corrected chi connectivity index (χ2v) is 11.8. The van der Waals surface area contributed by atoms with Gasteiger partial charge in [0, 0.05) is 46.0 Å². The third-order valence-electron chi connectivity index (χ3n) is 9.23. The molecule has 0 spiro atoms. The number of benzene rings is 5. The number of dihydropyridines is 1. The lowest BCUT2D eigenvalue weighted by molar-refractivity contribution is 0.967. The summed E-state index contributed by atoms with van der Waals surface area (Å²) in [4.78, 5) is 0. The van der Waals surface area contributed by atoms with Gasteiger partial charge in [0.1, 0.15) is 0 Å². The predicted octanol–water partition coefficient (Wildman–Crippen LogP) is 9.71. The molecule has 0 saturated carbocycles. The molecule has 3 heteroatoms. The second-order valence-electron chi connectivity index (χ2n) is 11.8. The third-order valence-corrected chi connectivity index (χ3v) is 9.23. The largest absolute Gasteiger partial charge is 0.386 e. The first-order chi connectivity index (χ1) is 21.8. The molecule has 1 N–H and O–H groups in total. The molecule has 0 bridgehead atoms. The van der Waals surface area contributed by atoms with Gasteiger partial charge in [-0.1, -0.05) is 84.9 Å². The number of hydrogen-bond donors (Lipinski definition) is 1. The third kappa shape index (κ3) is 3.90. The fourth-order valence-corrected chi connectivity index (χ4v) is 7.24. The second kappa shape index (κ2) is 10.0. The van der Waals surface area contributed by atoms with E-state index in [2.05, 4.69) is 160 Å². The molecule has 0 fully saturated rings. The molecule has 1 aliphatic heterocycles. The van der Waals surface area contributed by atoms with Crippen LogP contribution in [-0.4, -0.2) is 15.7 Å². The van der Waals surface area contributed by atoms with E-state index in [0.29, 0.717) is 0 Å². The van der Waals surface area contributed by atoms with Crippen LogP contribution >= 0.6 is 0 Å². The number of nitrogens with zero attached hydrogens (tertiary/aromatic N) is 2. The van der Waals surface area contributed by atoms with Gasteiger partial charge in [0.2, 0.25) is 0 Å². The summed E-state index contributed by atoms with van der Waals surface area (Å²) in [5.41, 5.74) is 13.8. The van der Waals surface area contributed by atoms with Gasteiger partial charge in [0.05, 0.1) is 16.6 Å². The summed E-state index contributed by atoms with van der Waals surface area (Å²) in [6.07, 6.45) is 11.3. The first kappa shape index (κ1) is 25.0. The standard InChI is InChI=1S/C41H31N3/c1-5-19-38-34(15-1)35-16-2-6-20-39(35)43(38)32-13-9-11-28(24-32)30-23-31(27-42-26-30)29-12-10-14-33(25-29)44-40-21-7-3-17-36(40)37-18-4-8-22-41(37)44/h1-3,5-17,19-25,27,42H,4,18,26H2. The number of nitrogens with one attached hydrogen (secondary N) is 1. The molecule has 5 aromatic carbocycles. The van der Waals surface area contributed by atoms with Crippen molar-refractivity contribution in [3.8, 4) is 11.4 Å². The van der Waals surface area contributed by atoms with E-state index < -0.39 is 0 Å². The molecule has 0 saturated heterocycles. The maximum atomic E-state index is 3.57. The maximum absolute atomic E-state index is 3.57. The van der Waals surface area contributed by atoms with Crippen LogP contribution in [0.1, 0.15) is 28.8 Å². The van der Waals surface area contributed by atoms with E-state index in [0.717, 1.165) is 19.4 Å². The fraction of sp³-hybridized carbons (Fsp3) is 0.0732. The Labute approximate surface area is 256 Å². The minimum atomic E-state index is 0.792. The van der Waals surface area contributed by atoms with E-state index >= 15 is 0 Å². The lowest BCUT2D eigenvalue weighted by Crippen LogP contribution is -2.14. The first-order valence-electron chi connectivity index (χ1n) is 15.5. The van der Waals surface area contributed by atoms with Gasteiger partial charge in [-0.2, -0.15) is 0 Å². The van der Waals surface area contributed by atoms with E-state index in [4.69, 9.17) is 0 Å². The summed E-state index contributed by atoms with van der Waals surface area (Å²) < 4.78 is 4.82. The Morgan fingerprint density at radius 1 is 0.568 bits per heavy atom. The topological polar surface area (TPSA) is 21.9 Å². The Bertz CT molecular complexity index is 2290. The number of rotatable bonds is 4. The van der Waals surface area contributed by atoms with E-state index in [-0.39, 0.29) is 0 Å². The number of aryl methyl sites for hydroxylation is 1. The van der Waals surface area contributed by atoms with Gasteiger partial charge in [-0.3, -0.25) is 0 Å². The normalized spacial score (nSPS) is 14.5. The molecule has 210 valence electrons. The van der Waals surface area contributed by atoms with Gasteiger partial charge in [-0.15, -0.1) is 0 Å². The molecular formula is C41H31N3. The molecule has 44 heavy (non-hydrogen) atoms. The Kier molecular flexibility index (Phi) is 5.70.